The lowest BCUT2D eigenvalue weighted by Gasteiger charge is -2.35. The second-order valence-corrected chi connectivity index (χ2v) is 5.76. The van der Waals surface area contributed by atoms with Gasteiger partial charge in [0.2, 0.25) is 0 Å². The Morgan fingerprint density at radius 2 is 2.05 bits per heavy atom. The van der Waals surface area contributed by atoms with Crippen molar-refractivity contribution < 1.29 is 19.3 Å². The van der Waals surface area contributed by atoms with Crippen molar-refractivity contribution in [2.75, 3.05) is 40.6 Å². The van der Waals surface area contributed by atoms with E-state index in [1.807, 2.05) is 17.0 Å². The number of thiocarbonyl (C=S) groups is 1. The van der Waals surface area contributed by atoms with E-state index in [0.29, 0.717) is 37.3 Å². The summed E-state index contributed by atoms with van der Waals surface area (Å²) in [5.41, 5.74) is 1.78. The molecule has 22 heavy (non-hydrogen) atoms. The Kier molecular flexibility index (Phi) is 4.37. The number of aliphatic hydroxyl groups is 1. The van der Waals surface area contributed by atoms with Crippen LogP contribution in [-0.2, 0) is 11.3 Å². The monoisotopic (exact) mass is 324 g/mol. The third kappa shape index (κ3) is 2.71. The molecule has 0 bridgehead atoms. The van der Waals surface area contributed by atoms with Crippen LogP contribution in [0.15, 0.2) is 12.1 Å². The Morgan fingerprint density at radius 3 is 2.68 bits per heavy atom. The van der Waals surface area contributed by atoms with Crippen molar-refractivity contribution in [3.8, 4) is 11.5 Å². The third-order valence-electron chi connectivity index (χ3n) is 4.08. The van der Waals surface area contributed by atoms with Crippen LogP contribution in [-0.4, -0.2) is 60.7 Å². The van der Waals surface area contributed by atoms with Gasteiger partial charge >= 0.3 is 0 Å². The minimum atomic E-state index is -0.620. The number of rotatable bonds is 4. The summed E-state index contributed by atoms with van der Waals surface area (Å²) >= 11 is 5.17. The van der Waals surface area contributed by atoms with Crippen LogP contribution in [0.5, 0.6) is 11.5 Å². The van der Waals surface area contributed by atoms with Gasteiger partial charge in [-0.15, -0.1) is 0 Å². The van der Waals surface area contributed by atoms with Crippen LogP contribution in [0.25, 0.3) is 0 Å². The molecule has 1 aromatic rings. The summed E-state index contributed by atoms with van der Waals surface area (Å²) in [5, 5.41) is 11.1. The zero-order valence-corrected chi connectivity index (χ0v) is 13.6. The van der Waals surface area contributed by atoms with Crippen LogP contribution in [0.4, 0.5) is 0 Å². The maximum atomic E-state index is 10.5. The van der Waals surface area contributed by atoms with Crippen molar-refractivity contribution in [2.24, 2.45) is 0 Å². The highest BCUT2D eigenvalue weighted by Gasteiger charge is 2.31. The Hall–Kier alpha value is -1.57. The highest BCUT2D eigenvalue weighted by Crippen LogP contribution is 2.39. The van der Waals surface area contributed by atoms with Gasteiger partial charge in [-0.1, -0.05) is 0 Å². The van der Waals surface area contributed by atoms with E-state index >= 15 is 0 Å². The molecule has 7 heteroatoms. The fourth-order valence-electron chi connectivity index (χ4n) is 3.05. The van der Waals surface area contributed by atoms with Crippen LogP contribution in [0.2, 0.25) is 0 Å². The first-order valence-corrected chi connectivity index (χ1v) is 7.60. The van der Waals surface area contributed by atoms with Gasteiger partial charge in [0.25, 0.3) is 5.17 Å². The zero-order valence-electron chi connectivity index (χ0n) is 12.7. The quantitative estimate of drug-likeness (QED) is 0.833. The summed E-state index contributed by atoms with van der Waals surface area (Å²) in [5.74, 6) is 1.46. The number of hydrogen-bond donors (Lipinski definition) is 1. The molecule has 0 saturated carbocycles. The Labute approximate surface area is 135 Å². The molecule has 3 rings (SSSR count). The minimum Gasteiger partial charge on any atom is -0.496 e. The van der Waals surface area contributed by atoms with E-state index in [2.05, 4.69) is 4.90 Å². The molecule has 1 atom stereocenters. The Balaban J connectivity index is 1.86. The number of nitrogens with zero attached hydrogens (tertiary/aromatic N) is 2. The highest BCUT2D eigenvalue weighted by atomic mass is 32.1. The maximum absolute atomic E-state index is 10.5. The number of β-amino-alcohol motifs (C(OH)–C–C–N with tert-alkyl or cyclic N) is 1. The number of fused-ring (bicyclic) bond motifs is 1. The van der Waals surface area contributed by atoms with Gasteiger partial charge in [0, 0.05) is 24.2 Å². The third-order valence-corrected chi connectivity index (χ3v) is 4.45. The lowest BCUT2D eigenvalue weighted by molar-refractivity contribution is 0.0682. The first-order chi connectivity index (χ1) is 10.6. The molecule has 0 aromatic heterocycles. The summed E-state index contributed by atoms with van der Waals surface area (Å²) in [7, 11) is 3.25. The average molecular weight is 324 g/mol. The second-order valence-electron chi connectivity index (χ2n) is 5.41. The summed E-state index contributed by atoms with van der Waals surface area (Å²) in [4.78, 5) is 4.13. The summed E-state index contributed by atoms with van der Waals surface area (Å²) in [6.45, 7) is 3.24. The first-order valence-electron chi connectivity index (χ1n) is 7.20. The first kappa shape index (κ1) is 15.3. The van der Waals surface area contributed by atoms with Gasteiger partial charge in [-0.2, -0.15) is 0 Å². The molecule has 0 aliphatic carbocycles. The normalized spacial score (nSPS) is 21.5. The maximum Gasteiger partial charge on any atom is 0.260 e. The van der Waals surface area contributed by atoms with Crippen LogP contribution < -0.4 is 9.47 Å². The van der Waals surface area contributed by atoms with Crippen molar-refractivity contribution in [1.29, 1.82) is 0 Å². The smallest absolute Gasteiger partial charge is 0.260 e. The molecule has 6 nitrogen and oxygen atoms in total. The standard InChI is InChI=1S/C15H20N2O4S/c1-19-12-3-4-13(20-2)14-10(12)7-16(8-11(14)18)9-17-5-6-21-15(17)22/h3-4,11,18H,5-9H2,1-2H3. The van der Waals surface area contributed by atoms with Crippen molar-refractivity contribution >= 4 is 17.4 Å². The molecular weight excluding hydrogens is 304 g/mol. The number of aliphatic hydroxyl groups excluding tert-OH is 1. The van der Waals surface area contributed by atoms with Crippen LogP contribution in [0.1, 0.15) is 17.2 Å². The Bertz CT molecular complexity index is 581. The predicted molar refractivity (Wildman–Crippen MR) is 85.0 cm³/mol. The van der Waals surface area contributed by atoms with Crippen molar-refractivity contribution in [3.63, 3.8) is 0 Å². The van der Waals surface area contributed by atoms with Crippen molar-refractivity contribution in [2.45, 2.75) is 12.6 Å². The van der Waals surface area contributed by atoms with Gasteiger partial charge in [0.15, 0.2) is 0 Å². The average Bonchev–Trinajstić information content (AvgIpc) is 2.91. The lowest BCUT2D eigenvalue weighted by atomic mass is 9.95. The molecule has 1 N–H and O–H groups in total. The molecule has 0 amide bonds. The van der Waals surface area contributed by atoms with Crippen molar-refractivity contribution in [3.05, 3.63) is 23.3 Å². The number of ether oxygens (including phenoxy) is 3. The SMILES string of the molecule is COc1ccc(OC)c2c1CN(CN1CCOC1=S)CC2O. The summed E-state index contributed by atoms with van der Waals surface area (Å²) in [6.07, 6.45) is -0.620. The minimum absolute atomic E-state index is 0.523. The van der Waals surface area contributed by atoms with Gasteiger partial charge in [-0.25, -0.2) is 0 Å². The highest BCUT2D eigenvalue weighted by molar-refractivity contribution is 7.80. The largest absolute Gasteiger partial charge is 0.496 e. The van der Waals surface area contributed by atoms with Gasteiger partial charge in [-0.3, -0.25) is 4.90 Å². The number of hydrogen-bond acceptors (Lipinski definition) is 6. The van der Waals surface area contributed by atoms with Crippen molar-refractivity contribution in [1.82, 2.24) is 9.80 Å². The Morgan fingerprint density at radius 1 is 1.32 bits per heavy atom. The zero-order chi connectivity index (χ0) is 15.7. The van der Waals surface area contributed by atoms with E-state index in [0.717, 1.165) is 23.4 Å². The van der Waals surface area contributed by atoms with E-state index in [4.69, 9.17) is 26.4 Å². The molecule has 1 saturated heterocycles. The summed E-state index contributed by atoms with van der Waals surface area (Å²) in [6, 6.07) is 3.71. The number of methoxy groups -OCH3 is 2. The molecule has 2 heterocycles. The van der Waals surface area contributed by atoms with E-state index in [9.17, 15) is 5.11 Å². The lowest BCUT2D eigenvalue weighted by Crippen LogP contribution is -2.42. The van der Waals surface area contributed by atoms with Gasteiger partial charge in [0.05, 0.1) is 33.5 Å². The molecule has 2 aliphatic rings. The predicted octanol–water partition coefficient (Wildman–Crippen LogP) is 1.13. The summed E-state index contributed by atoms with van der Waals surface area (Å²) < 4.78 is 16.1. The molecular formula is C15H20N2O4S. The molecule has 0 radical (unpaired) electrons. The molecule has 2 aliphatic heterocycles. The fourth-order valence-corrected chi connectivity index (χ4v) is 3.28. The van der Waals surface area contributed by atoms with E-state index < -0.39 is 6.10 Å². The van der Waals surface area contributed by atoms with E-state index in [1.54, 1.807) is 14.2 Å². The van der Waals surface area contributed by atoms with Gasteiger partial charge in [0.1, 0.15) is 18.1 Å². The second kappa shape index (κ2) is 6.28. The molecule has 1 aromatic carbocycles. The fraction of sp³-hybridized carbons (Fsp3) is 0.533. The van der Waals surface area contributed by atoms with E-state index in [1.165, 1.54) is 0 Å². The van der Waals surface area contributed by atoms with Gasteiger partial charge < -0.3 is 24.2 Å². The molecule has 1 fully saturated rings. The molecule has 1 unspecified atom stereocenters. The topological polar surface area (TPSA) is 54.4 Å². The molecule has 0 spiro atoms. The van der Waals surface area contributed by atoms with E-state index in [-0.39, 0.29) is 0 Å². The van der Waals surface area contributed by atoms with Crippen LogP contribution in [0.3, 0.4) is 0 Å². The van der Waals surface area contributed by atoms with Crippen LogP contribution in [0, 0.1) is 0 Å². The molecule has 120 valence electrons. The van der Waals surface area contributed by atoms with Crippen LogP contribution >= 0.6 is 12.2 Å². The van der Waals surface area contributed by atoms with Gasteiger partial charge in [-0.05, 0) is 24.4 Å². The number of benzene rings is 1.